The topological polar surface area (TPSA) is 47.6 Å². The average molecular weight is 336 g/mol. The number of nitrogens with one attached hydrogen (secondary N) is 1. The van der Waals surface area contributed by atoms with E-state index in [1.165, 1.54) is 25.3 Å². The van der Waals surface area contributed by atoms with E-state index in [4.69, 9.17) is 21.1 Å². The molecule has 1 amide bonds. The third-order valence-corrected chi connectivity index (χ3v) is 3.36. The van der Waals surface area contributed by atoms with E-state index < -0.39 is 11.7 Å². The fourth-order valence-electron chi connectivity index (χ4n) is 1.90. The highest BCUT2D eigenvalue weighted by Gasteiger charge is 2.08. The molecule has 2 aromatic carbocycles. The largest absolute Gasteiger partial charge is 0.497 e. The van der Waals surface area contributed by atoms with Gasteiger partial charge in [-0.15, -0.1) is 0 Å². The van der Waals surface area contributed by atoms with Crippen molar-refractivity contribution in [3.8, 4) is 11.5 Å². The van der Waals surface area contributed by atoms with Crippen LogP contribution in [0.15, 0.2) is 42.5 Å². The summed E-state index contributed by atoms with van der Waals surface area (Å²) in [7, 11) is 3.07. The normalized spacial score (nSPS) is 10.6. The zero-order valence-electron chi connectivity index (χ0n) is 12.6. The fraction of sp³-hybridized carbons (Fsp3) is 0.118. The second-order valence-corrected chi connectivity index (χ2v) is 4.94. The number of halogens is 2. The minimum atomic E-state index is -0.669. The maximum Gasteiger partial charge on any atom is 0.248 e. The molecule has 0 aromatic heterocycles. The van der Waals surface area contributed by atoms with Gasteiger partial charge in [-0.25, -0.2) is 4.39 Å². The zero-order valence-corrected chi connectivity index (χ0v) is 13.4. The van der Waals surface area contributed by atoms with Gasteiger partial charge in [0, 0.05) is 17.7 Å². The number of benzene rings is 2. The molecule has 0 heterocycles. The summed E-state index contributed by atoms with van der Waals surface area (Å²) in [6.45, 7) is 0. The summed E-state index contributed by atoms with van der Waals surface area (Å²) in [5.41, 5.74) is 0.712. The van der Waals surface area contributed by atoms with E-state index in [-0.39, 0.29) is 10.7 Å². The molecule has 0 aliphatic heterocycles. The molecule has 0 spiro atoms. The van der Waals surface area contributed by atoms with Gasteiger partial charge in [-0.05, 0) is 30.3 Å². The van der Waals surface area contributed by atoms with E-state index >= 15 is 0 Å². The minimum Gasteiger partial charge on any atom is -0.497 e. The summed E-state index contributed by atoms with van der Waals surface area (Å²) in [5.74, 6) is 0.0498. The van der Waals surface area contributed by atoms with Crippen LogP contribution in [0.25, 0.3) is 6.08 Å². The molecular formula is C17H15ClFNO3. The van der Waals surface area contributed by atoms with Crippen LogP contribution in [0.1, 0.15) is 5.56 Å². The number of carbonyl (C=O) groups is 1. The van der Waals surface area contributed by atoms with Crippen LogP contribution in [0.4, 0.5) is 10.1 Å². The predicted molar refractivity (Wildman–Crippen MR) is 88.6 cm³/mol. The van der Waals surface area contributed by atoms with Crippen molar-refractivity contribution in [1.29, 1.82) is 0 Å². The van der Waals surface area contributed by atoms with Gasteiger partial charge in [0.2, 0.25) is 5.91 Å². The van der Waals surface area contributed by atoms with Crippen LogP contribution in [0, 0.1) is 5.82 Å². The molecule has 0 bridgehead atoms. The van der Waals surface area contributed by atoms with Crippen LogP contribution in [0.5, 0.6) is 11.5 Å². The molecule has 0 unspecified atom stereocenters. The molecule has 2 aromatic rings. The van der Waals surface area contributed by atoms with Crippen molar-refractivity contribution in [2.45, 2.75) is 0 Å². The highest BCUT2D eigenvalue weighted by atomic mass is 35.5. The maximum absolute atomic E-state index is 13.7. The molecule has 0 atom stereocenters. The van der Waals surface area contributed by atoms with Crippen LogP contribution in [-0.4, -0.2) is 20.1 Å². The van der Waals surface area contributed by atoms with Gasteiger partial charge in [0.15, 0.2) is 5.82 Å². The van der Waals surface area contributed by atoms with Gasteiger partial charge in [-0.2, -0.15) is 0 Å². The second-order valence-electron chi connectivity index (χ2n) is 4.53. The molecule has 120 valence electrons. The lowest BCUT2D eigenvalue weighted by molar-refractivity contribution is -0.111. The first-order chi connectivity index (χ1) is 11.0. The SMILES string of the molecule is COc1ccc(/C=C/C(=O)Nc2cccc(Cl)c2F)c(OC)c1. The molecule has 0 aliphatic carbocycles. The molecule has 0 radical (unpaired) electrons. The van der Waals surface area contributed by atoms with E-state index in [1.54, 1.807) is 37.5 Å². The van der Waals surface area contributed by atoms with Crippen molar-refractivity contribution in [2.24, 2.45) is 0 Å². The Morgan fingerprint density at radius 3 is 2.70 bits per heavy atom. The van der Waals surface area contributed by atoms with Crippen molar-refractivity contribution in [1.82, 2.24) is 0 Å². The molecule has 0 aliphatic rings. The first kappa shape index (κ1) is 16.8. The third-order valence-electron chi connectivity index (χ3n) is 3.06. The van der Waals surface area contributed by atoms with Crippen molar-refractivity contribution >= 4 is 29.3 Å². The van der Waals surface area contributed by atoms with Gasteiger partial charge < -0.3 is 14.8 Å². The van der Waals surface area contributed by atoms with E-state index in [9.17, 15) is 9.18 Å². The Hall–Kier alpha value is -2.53. The number of hydrogen-bond acceptors (Lipinski definition) is 3. The number of amides is 1. The monoisotopic (exact) mass is 335 g/mol. The zero-order chi connectivity index (χ0) is 16.8. The van der Waals surface area contributed by atoms with Gasteiger partial charge in [0.25, 0.3) is 0 Å². The molecule has 0 saturated heterocycles. The number of rotatable bonds is 5. The number of methoxy groups -OCH3 is 2. The first-order valence-electron chi connectivity index (χ1n) is 6.70. The Kier molecular flexibility index (Phi) is 5.60. The van der Waals surface area contributed by atoms with Crippen molar-refractivity contribution in [3.05, 3.63) is 58.9 Å². The summed E-state index contributed by atoms with van der Waals surface area (Å²) < 4.78 is 24.1. The third kappa shape index (κ3) is 4.23. The van der Waals surface area contributed by atoms with E-state index in [1.807, 2.05) is 0 Å². The van der Waals surface area contributed by atoms with Crippen molar-refractivity contribution < 1.29 is 18.7 Å². The molecule has 0 fully saturated rings. The van der Waals surface area contributed by atoms with Crippen LogP contribution in [0.2, 0.25) is 5.02 Å². The molecule has 0 saturated carbocycles. The Morgan fingerprint density at radius 1 is 1.22 bits per heavy atom. The molecule has 2 rings (SSSR count). The first-order valence-corrected chi connectivity index (χ1v) is 7.08. The lowest BCUT2D eigenvalue weighted by Gasteiger charge is -2.07. The number of hydrogen-bond donors (Lipinski definition) is 1. The summed E-state index contributed by atoms with van der Waals surface area (Å²) in [5, 5.41) is 2.38. The Morgan fingerprint density at radius 2 is 2.00 bits per heavy atom. The predicted octanol–water partition coefficient (Wildman–Crippen LogP) is 4.15. The van der Waals surface area contributed by atoms with Crippen molar-refractivity contribution in [3.63, 3.8) is 0 Å². The Labute approximate surface area is 138 Å². The number of ether oxygens (including phenoxy) is 2. The smallest absolute Gasteiger partial charge is 0.248 e. The number of carbonyl (C=O) groups excluding carboxylic acids is 1. The van der Waals surface area contributed by atoms with E-state index in [0.29, 0.717) is 17.1 Å². The van der Waals surface area contributed by atoms with Crippen molar-refractivity contribution in [2.75, 3.05) is 19.5 Å². The summed E-state index contributed by atoms with van der Waals surface area (Å²) >= 11 is 5.67. The minimum absolute atomic E-state index is 0.0221. The molecule has 23 heavy (non-hydrogen) atoms. The molecular weight excluding hydrogens is 321 g/mol. The Balaban J connectivity index is 2.14. The average Bonchev–Trinajstić information content (AvgIpc) is 2.57. The lowest BCUT2D eigenvalue weighted by atomic mass is 10.1. The van der Waals surface area contributed by atoms with Gasteiger partial charge in [-0.1, -0.05) is 17.7 Å². The lowest BCUT2D eigenvalue weighted by Crippen LogP contribution is -2.09. The highest BCUT2D eigenvalue weighted by molar-refractivity contribution is 6.31. The van der Waals surface area contributed by atoms with Gasteiger partial charge in [0.05, 0.1) is 24.9 Å². The van der Waals surface area contributed by atoms with Crippen LogP contribution in [-0.2, 0) is 4.79 Å². The standard InChI is InChI=1S/C17H15ClFNO3/c1-22-12-8-6-11(15(10-12)23-2)7-9-16(21)20-14-5-3-4-13(18)17(14)19/h3-10H,1-2H3,(H,20,21)/b9-7+. The maximum atomic E-state index is 13.7. The van der Waals surface area contributed by atoms with Crippen LogP contribution >= 0.6 is 11.6 Å². The summed E-state index contributed by atoms with van der Waals surface area (Å²) in [6, 6.07) is 9.59. The highest BCUT2D eigenvalue weighted by Crippen LogP contribution is 2.26. The quantitative estimate of drug-likeness (QED) is 0.835. The fourth-order valence-corrected chi connectivity index (χ4v) is 2.07. The number of anilines is 1. The summed E-state index contributed by atoms with van der Waals surface area (Å²) in [6.07, 6.45) is 2.85. The van der Waals surface area contributed by atoms with Gasteiger partial charge in [0.1, 0.15) is 11.5 Å². The molecule has 1 N–H and O–H groups in total. The van der Waals surface area contributed by atoms with E-state index in [0.717, 1.165) is 0 Å². The second kappa shape index (κ2) is 7.65. The Bertz CT molecular complexity index is 747. The van der Waals surface area contributed by atoms with E-state index in [2.05, 4.69) is 5.32 Å². The van der Waals surface area contributed by atoms with Crippen LogP contribution < -0.4 is 14.8 Å². The molecule has 6 heteroatoms. The van der Waals surface area contributed by atoms with Crippen LogP contribution in [0.3, 0.4) is 0 Å². The van der Waals surface area contributed by atoms with Gasteiger partial charge in [-0.3, -0.25) is 4.79 Å². The summed E-state index contributed by atoms with van der Waals surface area (Å²) in [4.78, 5) is 11.9. The molecule has 4 nitrogen and oxygen atoms in total. The van der Waals surface area contributed by atoms with Gasteiger partial charge >= 0.3 is 0 Å².